The number of furan rings is 2. The van der Waals surface area contributed by atoms with Crippen LogP contribution >= 0.6 is 11.6 Å². The van der Waals surface area contributed by atoms with Gasteiger partial charge in [0, 0.05) is 70.9 Å². The molecule has 0 N–H and O–H groups in total. The Morgan fingerprint density at radius 2 is 0.640 bits per heavy atom. The number of nitrogens with zero attached hydrogens (tertiary/aromatic N) is 4. The molecule has 0 saturated heterocycles. The van der Waals surface area contributed by atoms with Gasteiger partial charge in [0.05, 0.1) is 80.5 Å². The van der Waals surface area contributed by atoms with Gasteiger partial charge < -0.3 is 27.8 Å². The van der Waals surface area contributed by atoms with Crippen LogP contribution in [0.4, 0.5) is 34.1 Å². The van der Waals surface area contributed by atoms with Crippen LogP contribution < -0.4 is 26.2 Å². The van der Waals surface area contributed by atoms with Gasteiger partial charge in [-0.25, -0.2) is 0 Å². The third-order valence-electron chi connectivity index (χ3n) is 16.6. The van der Waals surface area contributed by atoms with Gasteiger partial charge in [-0.2, -0.15) is 0 Å². The van der Waals surface area contributed by atoms with Crippen molar-refractivity contribution >= 4 is 156 Å². The molecule has 13 aromatic carbocycles. The Balaban J connectivity index is 0.924. The lowest BCUT2D eigenvalue weighted by Crippen LogP contribution is -2.61. The van der Waals surface area contributed by atoms with Gasteiger partial charge in [-0.1, -0.05) is 217 Å². The zero-order chi connectivity index (χ0) is 78.9. The molecule has 6 nitrogen and oxygen atoms in total. The second-order valence-corrected chi connectivity index (χ2v) is 21.3. The molecule has 0 fully saturated rings. The summed E-state index contributed by atoms with van der Waals surface area (Å²) < 4.78 is 253. The summed E-state index contributed by atoms with van der Waals surface area (Å²) in [5.74, 6) is 0. The summed E-state index contributed by atoms with van der Waals surface area (Å²) in [6.45, 7) is -1.04. The van der Waals surface area contributed by atoms with Crippen LogP contribution in [0.15, 0.2) is 287 Å². The van der Waals surface area contributed by atoms with E-state index in [1.54, 1.807) is 121 Å². The van der Waals surface area contributed by atoms with Gasteiger partial charge in [-0.05, 0) is 111 Å². The highest BCUT2D eigenvalue weighted by atomic mass is 35.5. The van der Waals surface area contributed by atoms with Crippen molar-refractivity contribution in [3.05, 3.63) is 283 Å². The minimum Gasteiger partial charge on any atom is -0.452 e. The Hall–Kier alpha value is -11.0. The molecule has 0 spiro atoms. The average Bonchev–Trinajstić information content (AvgIpc) is 1.14. The van der Waals surface area contributed by atoms with Gasteiger partial charge in [0.1, 0.15) is 0 Å². The van der Waals surface area contributed by atoms with Crippen molar-refractivity contribution < 1.29 is 44.5 Å². The number of hydrogen-bond acceptors (Lipinski definition) is 4. The van der Waals surface area contributed by atoms with Crippen molar-refractivity contribution in [3.63, 3.8) is 0 Å². The van der Waals surface area contributed by atoms with E-state index in [0.29, 0.717) is 72.1 Å². The number of benzene rings is 13. The molecule has 19 rings (SSSR count). The van der Waals surface area contributed by atoms with Crippen LogP contribution in [0.5, 0.6) is 0 Å². The predicted molar refractivity (Wildman–Crippen MR) is 360 cm³/mol. The molecule has 400 valence electrons. The summed E-state index contributed by atoms with van der Waals surface area (Å²) in [4.78, 5) is 3.73. The van der Waals surface area contributed by atoms with Gasteiger partial charge in [0.25, 0.3) is 6.71 Å². The Morgan fingerprint density at radius 3 is 1.02 bits per heavy atom. The maximum Gasteiger partial charge on any atom is 0.252 e. The SMILES string of the molecule is [2H]c1c([2H])c([2H])c(-c2ccc3c(c2)B2c4cc(-c5c([2H])c([2H])c([2H])c([2H])c5[2H])ccc4N(c4cccc5c4oc4c(-n6c7c([2H])c([2H])c([2H])c([2H])c7c7c([2H])c([2H])c([2H])c([2H])c76)cccc45)c4cc(Cl)cc(c42)N3c2cccc3c2oc2c(-n4c5c([2H])c([2H])c([2H])c([2H])c5c5c([2H])c([2H])c([2H])c([2H])c54)cccc23)c([2H])c1[2H]. The first-order valence-corrected chi connectivity index (χ1v) is 27.5. The molecule has 4 aromatic heterocycles. The molecule has 0 aliphatic carbocycles. The normalized spacial score (nSPS) is 17.1. The number of fused-ring (bicyclic) bond motifs is 16. The van der Waals surface area contributed by atoms with E-state index >= 15 is 0 Å². The summed E-state index contributed by atoms with van der Waals surface area (Å²) in [5, 5.41) is 1.35. The third-order valence-corrected chi connectivity index (χ3v) is 16.8. The number of halogens is 1. The summed E-state index contributed by atoms with van der Waals surface area (Å²) in [6, 6.07) is 19.1. The van der Waals surface area contributed by atoms with Crippen molar-refractivity contribution in [1.29, 1.82) is 0 Å². The maximum atomic E-state index is 9.41. The Morgan fingerprint density at radius 1 is 0.302 bits per heavy atom. The summed E-state index contributed by atoms with van der Waals surface area (Å²) in [7, 11) is 0. The van der Waals surface area contributed by atoms with E-state index in [0.717, 1.165) is 0 Å². The smallest absolute Gasteiger partial charge is 0.252 e. The van der Waals surface area contributed by atoms with Crippen LogP contribution in [0.2, 0.25) is 5.02 Å². The fourth-order valence-corrected chi connectivity index (χ4v) is 13.4. The highest BCUT2D eigenvalue weighted by Crippen LogP contribution is 2.51. The van der Waals surface area contributed by atoms with E-state index in [2.05, 4.69) is 0 Å². The minimum atomic E-state index is -1.04. The molecular formula is C78H46BClN4O2. The van der Waals surface area contributed by atoms with E-state index in [9.17, 15) is 16.4 Å². The number of anilines is 6. The first-order valence-electron chi connectivity index (χ1n) is 40.2. The highest BCUT2D eigenvalue weighted by molar-refractivity contribution is 7.00. The molecule has 0 unspecified atom stereocenters. The van der Waals surface area contributed by atoms with Crippen LogP contribution in [0.25, 0.3) is 121 Å². The van der Waals surface area contributed by atoms with Crippen molar-refractivity contribution in [2.75, 3.05) is 9.80 Å². The molecule has 8 heteroatoms. The summed E-state index contributed by atoms with van der Waals surface area (Å²) in [5.41, 5.74) is 3.73. The van der Waals surface area contributed by atoms with E-state index in [4.69, 9.17) is 39.6 Å². The topological polar surface area (TPSA) is 42.6 Å². The van der Waals surface area contributed by atoms with Crippen LogP contribution in [0.1, 0.15) is 35.6 Å². The lowest BCUT2D eigenvalue weighted by molar-refractivity contribution is 0.666. The molecule has 86 heavy (non-hydrogen) atoms. The molecule has 0 saturated carbocycles. The van der Waals surface area contributed by atoms with Crippen LogP contribution in [0, 0.1) is 0 Å². The van der Waals surface area contributed by atoms with E-state index in [1.165, 1.54) is 9.13 Å². The van der Waals surface area contributed by atoms with Crippen molar-refractivity contribution in [3.8, 4) is 33.6 Å². The highest BCUT2D eigenvalue weighted by Gasteiger charge is 2.45. The standard InChI is InChI=1S/C78H46BClN4O2/c80-51-45-72-74-73(46-51)84(71-38-18-30-59-57-28-16-36-69(76(57)86-78(59)71)82-64-33-13-9-25-54(64)55-26-10-14-34-65(55)82)67-42-40-50(48-21-5-2-6-22-48)44-61(67)79(74)60-43-49(47-19-3-1-4-20-47)39-41-66(60)83(72)70-37-17-29-58-56-27-15-35-68(75(56)85-77(58)70)81-62-31-11-7-23-52(62)53-24-8-12-32-63(53)81/h1-46H/i1D,2D,3D,4D,5D,6D,7D,8D,9D,10D,11D,12D,13D,14D,19D,20D,21D,22D,23D,24D,25D,26D,31D,32D,33D,34D. The Bertz CT molecular complexity index is 6720. The molecule has 0 bridgehead atoms. The monoisotopic (exact) mass is 1140 g/mol. The van der Waals surface area contributed by atoms with Gasteiger partial charge in [0.15, 0.2) is 22.3 Å². The number of para-hydroxylation sites is 8. The number of aromatic nitrogens is 2. The molecule has 0 amide bonds. The first kappa shape index (κ1) is 29.0. The minimum absolute atomic E-state index is 0.109. The fraction of sp³-hybridized carbons (Fsp3) is 0. The average molecular weight is 1140 g/mol. The van der Waals surface area contributed by atoms with Crippen LogP contribution in [0.3, 0.4) is 0 Å². The lowest BCUT2D eigenvalue weighted by Gasteiger charge is -2.44. The van der Waals surface area contributed by atoms with Gasteiger partial charge in [0.2, 0.25) is 0 Å². The van der Waals surface area contributed by atoms with E-state index < -0.39 is 164 Å². The van der Waals surface area contributed by atoms with Gasteiger partial charge in [-0.3, -0.25) is 0 Å². The fourth-order valence-electron chi connectivity index (χ4n) is 13.2. The Labute approximate surface area is 535 Å². The van der Waals surface area contributed by atoms with Gasteiger partial charge in [-0.15, -0.1) is 0 Å². The van der Waals surface area contributed by atoms with Gasteiger partial charge >= 0.3 is 0 Å². The van der Waals surface area contributed by atoms with Crippen molar-refractivity contribution in [2.45, 2.75) is 0 Å². The first-order chi connectivity index (χ1) is 53.4. The zero-order valence-electron chi connectivity index (χ0n) is 70.1. The van der Waals surface area contributed by atoms with Crippen molar-refractivity contribution in [1.82, 2.24) is 9.13 Å². The largest absolute Gasteiger partial charge is 0.452 e. The molecule has 2 aliphatic heterocycles. The van der Waals surface area contributed by atoms with Crippen molar-refractivity contribution in [2.24, 2.45) is 0 Å². The third kappa shape index (κ3) is 6.63. The second-order valence-electron chi connectivity index (χ2n) is 20.9. The molecule has 6 heterocycles. The maximum absolute atomic E-state index is 9.41. The van der Waals surface area contributed by atoms with E-state index in [1.807, 2.05) is 9.80 Å². The zero-order valence-corrected chi connectivity index (χ0v) is 44.9. The molecule has 17 aromatic rings. The summed E-state index contributed by atoms with van der Waals surface area (Å²) >= 11 is 7.64. The molecule has 0 atom stereocenters. The number of hydrogen-bond donors (Lipinski definition) is 0. The van der Waals surface area contributed by atoms with E-state index in [-0.39, 0.29) is 105 Å². The van der Waals surface area contributed by atoms with Crippen LogP contribution in [-0.2, 0) is 0 Å². The number of rotatable bonds is 6. The van der Waals surface area contributed by atoms with Crippen LogP contribution in [-0.4, -0.2) is 15.8 Å². The molecule has 0 radical (unpaired) electrons. The Kier molecular flexibility index (Phi) is 6.08. The molecule has 2 aliphatic rings. The predicted octanol–water partition coefficient (Wildman–Crippen LogP) is 19.7. The lowest BCUT2D eigenvalue weighted by atomic mass is 9.33. The molecular weight excluding hydrogens is 1070 g/mol. The second kappa shape index (κ2) is 18.0. The summed E-state index contributed by atoms with van der Waals surface area (Å²) in [6.07, 6.45) is 0. The quantitative estimate of drug-likeness (QED) is 0.156.